The van der Waals surface area contributed by atoms with Gasteiger partial charge in [0.1, 0.15) is 5.75 Å². The summed E-state index contributed by atoms with van der Waals surface area (Å²) in [5.74, 6) is 0.930. The largest absolute Gasteiger partial charge is 0.491 e. The molecule has 0 aliphatic heterocycles. The average molecular weight is 283 g/mol. The van der Waals surface area contributed by atoms with E-state index in [2.05, 4.69) is 49.5 Å². The van der Waals surface area contributed by atoms with Crippen LogP contribution in [0.4, 0.5) is 5.69 Å². The van der Waals surface area contributed by atoms with Crippen LogP contribution in [0.5, 0.6) is 5.75 Å². The van der Waals surface area contributed by atoms with Crippen molar-refractivity contribution in [1.82, 2.24) is 0 Å². The molecule has 0 aliphatic rings. The average Bonchev–Trinajstić information content (AvgIpc) is 2.46. The van der Waals surface area contributed by atoms with Crippen molar-refractivity contribution in [2.45, 2.75) is 46.8 Å². The highest BCUT2D eigenvalue weighted by Gasteiger charge is 2.04. The summed E-state index contributed by atoms with van der Waals surface area (Å²) >= 11 is 0. The predicted molar refractivity (Wildman–Crippen MR) is 90.1 cm³/mol. The SMILES string of the molecule is CCc1cccc(C)c1NCc1ccc(OC(C)C)cc1. The van der Waals surface area contributed by atoms with Gasteiger partial charge in [-0.25, -0.2) is 0 Å². The van der Waals surface area contributed by atoms with Gasteiger partial charge in [-0.3, -0.25) is 0 Å². The molecule has 0 aromatic heterocycles. The van der Waals surface area contributed by atoms with E-state index in [-0.39, 0.29) is 6.10 Å². The maximum atomic E-state index is 5.67. The molecule has 1 N–H and O–H groups in total. The van der Waals surface area contributed by atoms with E-state index >= 15 is 0 Å². The molecule has 2 aromatic carbocycles. The molecule has 0 saturated heterocycles. The Morgan fingerprint density at radius 2 is 1.76 bits per heavy atom. The first-order valence-corrected chi connectivity index (χ1v) is 7.68. The summed E-state index contributed by atoms with van der Waals surface area (Å²) < 4.78 is 5.67. The second-order valence-corrected chi connectivity index (χ2v) is 5.63. The minimum absolute atomic E-state index is 0.216. The first-order chi connectivity index (χ1) is 10.1. The van der Waals surface area contributed by atoms with Crippen molar-refractivity contribution in [1.29, 1.82) is 0 Å². The minimum atomic E-state index is 0.216. The highest BCUT2D eigenvalue weighted by molar-refractivity contribution is 5.57. The van der Waals surface area contributed by atoms with Gasteiger partial charge in [0.05, 0.1) is 6.10 Å². The van der Waals surface area contributed by atoms with Gasteiger partial charge in [-0.1, -0.05) is 37.3 Å². The van der Waals surface area contributed by atoms with Crippen molar-refractivity contribution in [2.75, 3.05) is 5.32 Å². The summed E-state index contributed by atoms with van der Waals surface area (Å²) in [6.45, 7) is 9.26. The summed E-state index contributed by atoms with van der Waals surface area (Å²) in [4.78, 5) is 0. The lowest BCUT2D eigenvalue weighted by atomic mass is 10.1. The molecular weight excluding hydrogens is 258 g/mol. The summed E-state index contributed by atoms with van der Waals surface area (Å²) in [5, 5.41) is 3.57. The maximum absolute atomic E-state index is 5.67. The van der Waals surface area contributed by atoms with E-state index < -0.39 is 0 Å². The third-order valence-electron chi connectivity index (χ3n) is 3.50. The van der Waals surface area contributed by atoms with Crippen molar-refractivity contribution >= 4 is 5.69 Å². The van der Waals surface area contributed by atoms with Crippen LogP contribution in [0.2, 0.25) is 0 Å². The fourth-order valence-corrected chi connectivity index (χ4v) is 2.42. The zero-order valence-corrected chi connectivity index (χ0v) is 13.4. The van der Waals surface area contributed by atoms with Gasteiger partial charge < -0.3 is 10.1 Å². The highest BCUT2D eigenvalue weighted by Crippen LogP contribution is 2.22. The fourth-order valence-electron chi connectivity index (χ4n) is 2.42. The second-order valence-electron chi connectivity index (χ2n) is 5.63. The Hall–Kier alpha value is -1.96. The zero-order valence-electron chi connectivity index (χ0n) is 13.4. The minimum Gasteiger partial charge on any atom is -0.491 e. The molecule has 0 unspecified atom stereocenters. The van der Waals surface area contributed by atoms with Crippen LogP contribution >= 0.6 is 0 Å². The van der Waals surface area contributed by atoms with E-state index in [0.717, 1.165) is 18.7 Å². The molecular formula is C19H25NO. The number of hydrogen-bond donors (Lipinski definition) is 1. The molecule has 0 spiro atoms. The van der Waals surface area contributed by atoms with Crippen LogP contribution in [0.15, 0.2) is 42.5 Å². The molecule has 2 nitrogen and oxygen atoms in total. The van der Waals surface area contributed by atoms with Crippen LogP contribution < -0.4 is 10.1 Å². The summed E-state index contributed by atoms with van der Waals surface area (Å²) in [5.41, 5.74) is 5.20. The summed E-state index contributed by atoms with van der Waals surface area (Å²) in [6.07, 6.45) is 1.26. The highest BCUT2D eigenvalue weighted by atomic mass is 16.5. The normalized spacial score (nSPS) is 10.7. The number of nitrogens with one attached hydrogen (secondary N) is 1. The van der Waals surface area contributed by atoms with Crippen molar-refractivity contribution in [3.05, 3.63) is 59.2 Å². The van der Waals surface area contributed by atoms with Crippen LogP contribution in [-0.4, -0.2) is 6.10 Å². The molecule has 0 bridgehead atoms. The van der Waals surface area contributed by atoms with Gasteiger partial charge >= 0.3 is 0 Å². The Balaban J connectivity index is 2.03. The Morgan fingerprint density at radius 3 is 2.38 bits per heavy atom. The molecule has 0 heterocycles. The van der Waals surface area contributed by atoms with Gasteiger partial charge in [0.25, 0.3) is 0 Å². The number of anilines is 1. The van der Waals surface area contributed by atoms with Crippen LogP contribution in [0.25, 0.3) is 0 Å². The van der Waals surface area contributed by atoms with Crippen LogP contribution in [0.3, 0.4) is 0 Å². The maximum Gasteiger partial charge on any atom is 0.119 e. The van der Waals surface area contributed by atoms with Gasteiger partial charge in [-0.15, -0.1) is 0 Å². The van der Waals surface area contributed by atoms with Crippen molar-refractivity contribution in [2.24, 2.45) is 0 Å². The molecule has 0 radical (unpaired) electrons. The van der Waals surface area contributed by atoms with E-state index in [1.54, 1.807) is 0 Å². The van der Waals surface area contributed by atoms with Crippen LogP contribution in [-0.2, 0) is 13.0 Å². The standard InChI is InChI=1S/C19H25NO/c1-5-17-8-6-7-15(4)19(17)20-13-16-9-11-18(12-10-16)21-14(2)3/h6-12,14,20H,5,13H2,1-4H3. The fraction of sp³-hybridized carbons (Fsp3) is 0.368. The number of benzene rings is 2. The molecule has 2 heteroatoms. The monoisotopic (exact) mass is 283 g/mol. The van der Waals surface area contributed by atoms with E-state index in [9.17, 15) is 0 Å². The van der Waals surface area contributed by atoms with Crippen molar-refractivity contribution < 1.29 is 4.74 Å². The Labute approximate surface area is 128 Å². The molecule has 112 valence electrons. The Bertz CT molecular complexity index is 573. The molecule has 2 rings (SSSR count). The zero-order chi connectivity index (χ0) is 15.2. The molecule has 21 heavy (non-hydrogen) atoms. The first-order valence-electron chi connectivity index (χ1n) is 7.68. The van der Waals surface area contributed by atoms with Gasteiger partial charge in [0.15, 0.2) is 0 Å². The predicted octanol–water partition coefficient (Wildman–Crippen LogP) is 4.96. The van der Waals surface area contributed by atoms with Gasteiger partial charge in [-0.2, -0.15) is 0 Å². The summed E-state index contributed by atoms with van der Waals surface area (Å²) in [7, 11) is 0. The topological polar surface area (TPSA) is 21.3 Å². The molecule has 0 saturated carbocycles. The Morgan fingerprint density at radius 1 is 1.05 bits per heavy atom. The summed E-state index contributed by atoms with van der Waals surface area (Å²) in [6, 6.07) is 14.8. The van der Waals surface area contributed by atoms with Gasteiger partial charge in [0.2, 0.25) is 0 Å². The number of rotatable bonds is 6. The second kappa shape index (κ2) is 7.16. The third kappa shape index (κ3) is 4.25. The van der Waals surface area contributed by atoms with Gasteiger partial charge in [0, 0.05) is 12.2 Å². The lowest BCUT2D eigenvalue weighted by molar-refractivity contribution is 0.242. The molecule has 0 fully saturated rings. The number of para-hydroxylation sites is 1. The molecule has 0 aliphatic carbocycles. The lowest BCUT2D eigenvalue weighted by Gasteiger charge is -2.14. The van der Waals surface area contributed by atoms with Crippen molar-refractivity contribution in [3.63, 3.8) is 0 Å². The number of hydrogen-bond acceptors (Lipinski definition) is 2. The van der Waals surface area contributed by atoms with E-state index in [4.69, 9.17) is 4.74 Å². The molecule has 0 amide bonds. The van der Waals surface area contributed by atoms with Crippen LogP contribution in [0, 0.1) is 6.92 Å². The van der Waals surface area contributed by atoms with E-state index in [0.29, 0.717) is 0 Å². The first kappa shape index (κ1) is 15.4. The number of ether oxygens (including phenoxy) is 1. The smallest absolute Gasteiger partial charge is 0.119 e. The third-order valence-corrected chi connectivity index (χ3v) is 3.50. The van der Waals surface area contributed by atoms with Crippen molar-refractivity contribution in [3.8, 4) is 5.75 Å². The molecule has 0 atom stereocenters. The van der Waals surface area contributed by atoms with Crippen LogP contribution in [0.1, 0.15) is 37.5 Å². The quantitative estimate of drug-likeness (QED) is 0.809. The molecule has 2 aromatic rings. The van der Waals surface area contributed by atoms with E-state index in [1.165, 1.54) is 22.4 Å². The number of aryl methyl sites for hydroxylation is 2. The van der Waals surface area contributed by atoms with E-state index in [1.807, 2.05) is 26.0 Å². The lowest BCUT2D eigenvalue weighted by Crippen LogP contribution is -2.06. The van der Waals surface area contributed by atoms with Gasteiger partial charge in [-0.05, 0) is 56.0 Å². The Kier molecular flexibility index (Phi) is 5.26.